The summed E-state index contributed by atoms with van der Waals surface area (Å²) in [6.07, 6.45) is 8.98. The molecule has 0 aromatic heterocycles. The minimum absolute atomic E-state index is 0.0187. The first kappa shape index (κ1) is 21.3. The number of carbonyl (C=O) groups excluding carboxylic acids is 1. The third-order valence-corrected chi connectivity index (χ3v) is 10.3. The van der Waals surface area contributed by atoms with E-state index < -0.39 is 9.84 Å². The lowest BCUT2D eigenvalue weighted by atomic mass is 9.48. The summed E-state index contributed by atoms with van der Waals surface area (Å²) in [5.41, 5.74) is 2.84. The minimum Gasteiger partial charge on any atom is -0.374 e. The largest absolute Gasteiger partial charge is 0.374 e. The molecule has 0 spiro atoms. The Morgan fingerprint density at radius 3 is 2.16 bits per heavy atom. The Hall–Kier alpha value is -1.56. The molecular formula is C25H36N2O3S. The van der Waals surface area contributed by atoms with Gasteiger partial charge in [0.1, 0.15) is 6.04 Å². The van der Waals surface area contributed by atoms with E-state index in [-0.39, 0.29) is 29.5 Å². The van der Waals surface area contributed by atoms with Crippen LogP contribution in [0.25, 0.3) is 0 Å². The summed E-state index contributed by atoms with van der Waals surface area (Å²) in [5.74, 6) is 3.06. The molecule has 1 aromatic rings. The number of anilines is 1. The van der Waals surface area contributed by atoms with Crippen molar-refractivity contribution in [1.82, 2.24) is 4.90 Å². The van der Waals surface area contributed by atoms with Gasteiger partial charge in [0.2, 0.25) is 5.91 Å². The number of carbonyl (C=O) groups is 1. The quantitative estimate of drug-likeness (QED) is 0.720. The van der Waals surface area contributed by atoms with Crippen molar-refractivity contribution in [3.8, 4) is 0 Å². The number of sulfone groups is 1. The van der Waals surface area contributed by atoms with Crippen LogP contribution in [-0.2, 0) is 20.0 Å². The lowest BCUT2D eigenvalue weighted by molar-refractivity contribution is -0.133. The molecule has 4 saturated carbocycles. The van der Waals surface area contributed by atoms with Crippen LogP contribution in [0.4, 0.5) is 5.69 Å². The van der Waals surface area contributed by atoms with Gasteiger partial charge in [0.15, 0.2) is 9.84 Å². The van der Waals surface area contributed by atoms with Gasteiger partial charge >= 0.3 is 0 Å². The summed E-state index contributed by atoms with van der Waals surface area (Å²) in [4.78, 5) is 14.8. The van der Waals surface area contributed by atoms with Crippen molar-refractivity contribution in [2.45, 2.75) is 76.3 Å². The van der Waals surface area contributed by atoms with Crippen molar-refractivity contribution in [2.75, 3.05) is 23.4 Å². The van der Waals surface area contributed by atoms with Crippen LogP contribution in [0.3, 0.4) is 0 Å². The van der Waals surface area contributed by atoms with E-state index in [2.05, 4.69) is 29.6 Å². The van der Waals surface area contributed by atoms with Crippen molar-refractivity contribution in [3.05, 3.63) is 29.8 Å². The summed E-state index contributed by atoms with van der Waals surface area (Å²) in [6.45, 7) is 4.34. The fourth-order valence-electron chi connectivity index (χ4n) is 7.56. The van der Waals surface area contributed by atoms with E-state index >= 15 is 0 Å². The molecule has 4 aliphatic carbocycles. The first-order valence-electron chi connectivity index (χ1n) is 12.1. The number of hydrogen-bond acceptors (Lipinski definition) is 4. The van der Waals surface area contributed by atoms with Gasteiger partial charge in [0, 0.05) is 18.3 Å². The second-order valence-corrected chi connectivity index (χ2v) is 13.1. The SMILES string of the molecule is CCN(C(=O)[C@@H](C)Nc1ccc(C23CC4CC(CC(C4)C2)C3)cc1)[C@@H]1CCS(=O)(=O)C1. The fraction of sp³-hybridized carbons (Fsp3) is 0.720. The van der Waals surface area contributed by atoms with E-state index in [4.69, 9.17) is 0 Å². The van der Waals surface area contributed by atoms with Crippen molar-refractivity contribution in [1.29, 1.82) is 0 Å². The van der Waals surface area contributed by atoms with Gasteiger partial charge in [-0.1, -0.05) is 12.1 Å². The van der Waals surface area contributed by atoms with Gasteiger partial charge in [0.25, 0.3) is 0 Å². The zero-order valence-electron chi connectivity index (χ0n) is 18.8. The van der Waals surface area contributed by atoms with Crippen molar-refractivity contribution < 1.29 is 13.2 Å². The van der Waals surface area contributed by atoms with Crippen LogP contribution in [0.2, 0.25) is 0 Å². The maximum atomic E-state index is 13.0. The Bertz CT molecular complexity index is 905. The van der Waals surface area contributed by atoms with Gasteiger partial charge in [-0.2, -0.15) is 0 Å². The highest BCUT2D eigenvalue weighted by Gasteiger charge is 2.51. The second kappa shape index (κ2) is 7.79. The number of likely N-dealkylation sites (N-methyl/N-ethyl adjacent to an activating group) is 1. The Kier molecular flexibility index (Phi) is 5.35. The Balaban J connectivity index is 1.25. The Morgan fingerprint density at radius 2 is 1.68 bits per heavy atom. The van der Waals surface area contributed by atoms with Crippen LogP contribution in [0.15, 0.2) is 24.3 Å². The van der Waals surface area contributed by atoms with Crippen molar-refractivity contribution >= 4 is 21.4 Å². The molecule has 1 heterocycles. The third kappa shape index (κ3) is 4.01. The van der Waals surface area contributed by atoms with Gasteiger partial charge in [0.05, 0.1) is 11.5 Å². The van der Waals surface area contributed by atoms with E-state index in [1.807, 2.05) is 13.8 Å². The normalized spacial score (nSPS) is 36.3. The van der Waals surface area contributed by atoms with Gasteiger partial charge < -0.3 is 10.2 Å². The van der Waals surface area contributed by atoms with Crippen LogP contribution in [0, 0.1) is 17.8 Å². The molecule has 5 nitrogen and oxygen atoms in total. The molecule has 170 valence electrons. The first-order valence-corrected chi connectivity index (χ1v) is 14.0. The summed E-state index contributed by atoms with van der Waals surface area (Å²) in [6, 6.07) is 8.27. The van der Waals surface area contributed by atoms with Crippen molar-refractivity contribution in [3.63, 3.8) is 0 Å². The van der Waals surface area contributed by atoms with Gasteiger partial charge in [-0.25, -0.2) is 8.42 Å². The van der Waals surface area contributed by atoms with E-state index in [0.29, 0.717) is 18.4 Å². The topological polar surface area (TPSA) is 66.5 Å². The van der Waals surface area contributed by atoms with E-state index in [9.17, 15) is 13.2 Å². The maximum Gasteiger partial charge on any atom is 0.245 e. The molecule has 5 aliphatic rings. The third-order valence-electron chi connectivity index (χ3n) is 8.56. The molecule has 1 aromatic carbocycles. The molecule has 6 rings (SSSR count). The average Bonchev–Trinajstić information content (AvgIpc) is 3.07. The molecule has 31 heavy (non-hydrogen) atoms. The number of amides is 1. The zero-order valence-corrected chi connectivity index (χ0v) is 19.7. The highest BCUT2D eigenvalue weighted by atomic mass is 32.2. The zero-order chi connectivity index (χ0) is 21.8. The molecule has 6 heteroatoms. The van der Waals surface area contributed by atoms with Crippen LogP contribution in [0.1, 0.15) is 64.4 Å². The molecule has 2 atom stereocenters. The lowest BCUT2D eigenvalue weighted by Gasteiger charge is -2.57. The van der Waals surface area contributed by atoms with E-state index in [0.717, 1.165) is 23.4 Å². The van der Waals surface area contributed by atoms with Crippen LogP contribution >= 0.6 is 0 Å². The maximum absolute atomic E-state index is 13.0. The fourth-order valence-corrected chi connectivity index (χ4v) is 9.29. The predicted molar refractivity (Wildman–Crippen MR) is 124 cm³/mol. The Labute approximate surface area is 186 Å². The Morgan fingerprint density at radius 1 is 1.10 bits per heavy atom. The second-order valence-electron chi connectivity index (χ2n) is 10.8. The molecule has 0 unspecified atom stereocenters. The summed E-state index contributed by atoms with van der Waals surface area (Å²) in [5, 5.41) is 3.36. The molecule has 1 N–H and O–H groups in total. The minimum atomic E-state index is -3.01. The highest BCUT2D eigenvalue weighted by molar-refractivity contribution is 7.91. The predicted octanol–water partition coefficient (Wildman–Crippen LogP) is 3.99. The van der Waals surface area contributed by atoms with Crippen LogP contribution < -0.4 is 5.32 Å². The van der Waals surface area contributed by atoms with Gasteiger partial charge in [-0.15, -0.1) is 0 Å². The van der Waals surface area contributed by atoms with Crippen LogP contribution in [0.5, 0.6) is 0 Å². The number of benzene rings is 1. The monoisotopic (exact) mass is 444 g/mol. The molecule has 1 saturated heterocycles. The molecule has 5 fully saturated rings. The smallest absolute Gasteiger partial charge is 0.245 e. The molecular weight excluding hydrogens is 408 g/mol. The molecule has 1 amide bonds. The average molecular weight is 445 g/mol. The van der Waals surface area contributed by atoms with E-state index in [1.54, 1.807) is 4.90 Å². The molecule has 0 radical (unpaired) electrons. The highest BCUT2D eigenvalue weighted by Crippen LogP contribution is 2.60. The first-order chi connectivity index (χ1) is 14.8. The number of nitrogens with zero attached hydrogens (tertiary/aromatic N) is 1. The van der Waals surface area contributed by atoms with Crippen molar-refractivity contribution in [2.24, 2.45) is 17.8 Å². The summed E-state index contributed by atoms with van der Waals surface area (Å²) in [7, 11) is -3.01. The number of hydrogen-bond donors (Lipinski definition) is 1. The van der Waals surface area contributed by atoms with Crippen LogP contribution in [-0.4, -0.2) is 49.4 Å². The van der Waals surface area contributed by atoms with Gasteiger partial charge in [-0.3, -0.25) is 4.79 Å². The molecule has 4 bridgehead atoms. The van der Waals surface area contributed by atoms with E-state index in [1.165, 1.54) is 44.1 Å². The number of rotatable bonds is 6. The van der Waals surface area contributed by atoms with Gasteiger partial charge in [-0.05, 0) is 99.7 Å². The molecule has 1 aliphatic heterocycles. The number of nitrogens with one attached hydrogen (secondary N) is 1. The summed E-state index contributed by atoms with van der Waals surface area (Å²) >= 11 is 0. The summed E-state index contributed by atoms with van der Waals surface area (Å²) < 4.78 is 23.7. The standard InChI is InChI=1S/C25H36N2O3S/c1-3-27(23-8-9-31(29,30)16-23)24(28)17(2)26-22-6-4-21(5-7-22)25-13-18-10-19(14-25)12-20(11-18)15-25/h4-7,17-20,23,26H,3,8-16H2,1-2H3/t17-,18?,19?,20?,23-,25?/m1/s1. The lowest BCUT2D eigenvalue weighted by Crippen LogP contribution is -2.48.